The number of para-hydroxylation sites is 3. The molecule has 0 bridgehead atoms. The molecule has 152 valence electrons. The molecule has 0 N–H and O–H groups in total. The molecule has 0 radical (unpaired) electrons. The highest BCUT2D eigenvalue weighted by Crippen LogP contribution is 2.29. The molecule has 4 rings (SSSR count). The third kappa shape index (κ3) is 3.49. The van der Waals surface area contributed by atoms with Crippen LogP contribution in [0.1, 0.15) is 23.0 Å². The van der Waals surface area contributed by atoms with Crippen LogP contribution in [-0.4, -0.2) is 32.5 Å². The van der Waals surface area contributed by atoms with E-state index in [1.165, 1.54) is 24.9 Å². The van der Waals surface area contributed by atoms with Gasteiger partial charge in [0.2, 0.25) is 0 Å². The van der Waals surface area contributed by atoms with Crippen LogP contribution >= 0.6 is 0 Å². The molecule has 31 heavy (non-hydrogen) atoms. The third-order valence-electron chi connectivity index (χ3n) is 4.76. The normalized spacial score (nSPS) is 10.5. The first-order valence-corrected chi connectivity index (χ1v) is 9.37. The molecule has 0 unspecified atom stereocenters. The molecular formula is C23H17N5O3. The van der Waals surface area contributed by atoms with E-state index in [1.54, 1.807) is 42.6 Å². The summed E-state index contributed by atoms with van der Waals surface area (Å²) in [6, 6.07) is 18.0. The summed E-state index contributed by atoms with van der Waals surface area (Å²) < 4.78 is 8.03. The van der Waals surface area contributed by atoms with Crippen LogP contribution in [0, 0.1) is 11.3 Å². The molecule has 2 heterocycles. The minimum absolute atomic E-state index is 0.124. The van der Waals surface area contributed by atoms with E-state index in [2.05, 4.69) is 10.2 Å². The zero-order chi connectivity index (χ0) is 22.0. The Morgan fingerprint density at radius 2 is 1.77 bits per heavy atom. The fourth-order valence-corrected chi connectivity index (χ4v) is 3.29. The largest absolute Gasteiger partial charge is 0.494 e. The Balaban J connectivity index is 1.93. The molecule has 8 heteroatoms. The molecule has 0 aliphatic rings. The summed E-state index contributed by atoms with van der Waals surface area (Å²) in [5.74, 6) is 0.254. The smallest absolute Gasteiger partial charge is 0.290 e. The Morgan fingerprint density at radius 1 is 1.06 bits per heavy atom. The highest BCUT2D eigenvalue weighted by molar-refractivity contribution is 5.99. The van der Waals surface area contributed by atoms with E-state index in [0.29, 0.717) is 22.7 Å². The van der Waals surface area contributed by atoms with E-state index in [4.69, 9.17) is 4.74 Å². The first-order valence-electron chi connectivity index (χ1n) is 9.37. The van der Waals surface area contributed by atoms with Crippen molar-refractivity contribution in [1.29, 1.82) is 5.26 Å². The number of hydrogen-bond acceptors (Lipinski definition) is 6. The summed E-state index contributed by atoms with van der Waals surface area (Å²) >= 11 is 0. The predicted molar refractivity (Wildman–Crippen MR) is 114 cm³/mol. The lowest BCUT2D eigenvalue weighted by molar-refractivity contribution is 0.101. The Bertz CT molecular complexity index is 1380. The molecule has 2 aromatic heterocycles. The SMILES string of the molecule is COc1ccccc1-n1cc(-c2cnn(-c3ccccc3)c(=O)c2C#N)c(C(C)=O)n1. The van der Waals surface area contributed by atoms with Gasteiger partial charge in [-0.2, -0.15) is 20.1 Å². The second-order valence-electron chi connectivity index (χ2n) is 6.66. The van der Waals surface area contributed by atoms with E-state index < -0.39 is 5.56 Å². The Kier molecular flexibility index (Phi) is 5.16. The van der Waals surface area contributed by atoms with Crippen molar-refractivity contribution in [3.8, 4) is 34.3 Å². The average Bonchev–Trinajstić information content (AvgIpc) is 3.25. The lowest BCUT2D eigenvalue weighted by atomic mass is 10.0. The summed E-state index contributed by atoms with van der Waals surface area (Å²) in [7, 11) is 1.54. The van der Waals surface area contributed by atoms with Crippen LogP contribution in [0.2, 0.25) is 0 Å². The van der Waals surface area contributed by atoms with Crippen LogP contribution in [0.4, 0.5) is 0 Å². The first kappa shape index (κ1) is 19.8. The van der Waals surface area contributed by atoms with Gasteiger partial charge in [-0.15, -0.1) is 0 Å². The standard InChI is InChI=1S/C23H17N5O3/c1-15(29)22-19(14-27(26-22)20-10-6-7-11-21(20)31-2)18-13-25-28(23(30)17(18)12-24)16-8-4-3-5-9-16/h3-11,13-14H,1-2H3. The number of nitriles is 1. The summed E-state index contributed by atoms with van der Waals surface area (Å²) in [5, 5.41) is 18.4. The molecule has 0 amide bonds. The zero-order valence-electron chi connectivity index (χ0n) is 16.8. The Hall–Kier alpha value is -4.51. The van der Waals surface area contributed by atoms with Gasteiger partial charge in [-0.05, 0) is 24.3 Å². The first-order chi connectivity index (χ1) is 15.0. The minimum atomic E-state index is -0.578. The maximum absolute atomic E-state index is 13.0. The number of aromatic nitrogens is 4. The van der Waals surface area contributed by atoms with Crippen LogP contribution in [0.25, 0.3) is 22.5 Å². The van der Waals surface area contributed by atoms with Crippen molar-refractivity contribution in [3.05, 3.63) is 88.6 Å². The number of carbonyl (C=O) groups excluding carboxylic acids is 1. The van der Waals surface area contributed by atoms with Gasteiger partial charge in [0.05, 0.1) is 19.0 Å². The van der Waals surface area contributed by atoms with Crippen molar-refractivity contribution in [1.82, 2.24) is 19.6 Å². The lowest BCUT2D eigenvalue weighted by Crippen LogP contribution is -2.24. The van der Waals surface area contributed by atoms with Crippen molar-refractivity contribution in [2.24, 2.45) is 0 Å². The van der Waals surface area contributed by atoms with Gasteiger partial charge in [-0.25, -0.2) is 4.68 Å². The van der Waals surface area contributed by atoms with Crippen LogP contribution < -0.4 is 10.3 Å². The maximum Gasteiger partial charge on any atom is 0.290 e. The van der Waals surface area contributed by atoms with E-state index in [1.807, 2.05) is 24.3 Å². The quantitative estimate of drug-likeness (QED) is 0.467. The van der Waals surface area contributed by atoms with Gasteiger partial charge in [0.1, 0.15) is 28.8 Å². The maximum atomic E-state index is 13.0. The number of methoxy groups -OCH3 is 1. The summed E-state index contributed by atoms with van der Waals surface area (Å²) in [6.45, 7) is 1.38. The number of hydrogen-bond donors (Lipinski definition) is 0. The van der Waals surface area contributed by atoms with Crippen molar-refractivity contribution < 1.29 is 9.53 Å². The topological polar surface area (TPSA) is 103 Å². The number of benzene rings is 2. The van der Waals surface area contributed by atoms with Crippen LogP contribution in [-0.2, 0) is 0 Å². The van der Waals surface area contributed by atoms with Crippen LogP contribution in [0.3, 0.4) is 0 Å². The number of rotatable bonds is 5. The number of ketones is 1. The van der Waals surface area contributed by atoms with Crippen LogP contribution in [0.5, 0.6) is 5.75 Å². The molecule has 0 aliphatic heterocycles. The van der Waals surface area contributed by atoms with Crippen molar-refractivity contribution in [2.75, 3.05) is 7.11 Å². The summed E-state index contributed by atoms with van der Waals surface area (Å²) in [6.07, 6.45) is 3.00. The van der Waals surface area contributed by atoms with Gasteiger partial charge < -0.3 is 4.74 Å². The lowest BCUT2D eigenvalue weighted by Gasteiger charge is -2.08. The monoisotopic (exact) mass is 411 g/mol. The Labute approximate surface area is 177 Å². The van der Waals surface area contributed by atoms with Gasteiger partial charge in [0.25, 0.3) is 5.56 Å². The van der Waals surface area contributed by atoms with Crippen molar-refractivity contribution in [2.45, 2.75) is 6.92 Å². The van der Waals surface area contributed by atoms with E-state index in [0.717, 1.165) is 4.68 Å². The third-order valence-corrected chi connectivity index (χ3v) is 4.76. The van der Waals surface area contributed by atoms with Crippen molar-refractivity contribution >= 4 is 5.78 Å². The number of carbonyl (C=O) groups is 1. The number of ether oxygens (including phenoxy) is 1. The van der Waals surface area contributed by atoms with Crippen molar-refractivity contribution in [3.63, 3.8) is 0 Å². The average molecular weight is 411 g/mol. The van der Waals surface area contributed by atoms with E-state index >= 15 is 0 Å². The molecule has 2 aromatic carbocycles. The molecule has 8 nitrogen and oxygen atoms in total. The van der Waals surface area contributed by atoms with Gasteiger partial charge >= 0.3 is 0 Å². The summed E-state index contributed by atoms with van der Waals surface area (Å²) in [4.78, 5) is 25.3. The van der Waals surface area contributed by atoms with Crippen LogP contribution in [0.15, 0.2) is 71.8 Å². The molecule has 0 spiro atoms. The fraction of sp³-hybridized carbons (Fsp3) is 0.0870. The number of Topliss-reactive ketones (excluding diaryl/α,β-unsaturated/α-hetero) is 1. The molecule has 0 saturated carbocycles. The predicted octanol–water partition coefficient (Wildman–Crippen LogP) is 3.17. The van der Waals surface area contributed by atoms with Gasteiger partial charge in [-0.1, -0.05) is 30.3 Å². The number of nitrogens with zero attached hydrogens (tertiary/aromatic N) is 5. The minimum Gasteiger partial charge on any atom is -0.494 e. The Morgan fingerprint density at radius 3 is 2.45 bits per heavy atom. The van der Waals surface area contributed by atoms with Gasteiger partial charge in [0.15, 0.2) is 5.78 Å². The molecule has 0 aliphatic carbocycles. The summed E-state index contributed by atoms with van der Waals surface area (Å²) in [5.41, 5.74) is 1.16. The highest BCUT2D eigenvalue weighted by atomic mass is 16.5. The highest BCUT2D eigenvalue weighted by Gasteiger charge is 2.22. The second-order valence-corrected chi connectivity index (χ2v) is 6.66. The molecular weight excluding hydrogens is 394 g/mol. The molecule has 4 aromatic rings. The molecule has 0 fully saturated rings. The zero-order valence-corrected chi connectivity index (χ0v) is 16.8. The molecule has 0 atom stereocenters. The fourth-order valence-electron chi connectivity index (χ4n) is 3.29. The van der Waals surface area contributed by atoms with E-state index in [-0.39, 0.29) is 22.6 Å². The van der Waals surface area contributed by atoms with Gasteiger partial charge in [-0.3, -0.25) is 9.59 Å². The second kappa shape index (κ2) is 8.08. The molecule has 0 saturated heterocycles. The van der Waals surface area contributed by atoms with Gasteiger partial charge in [0, 0.05) is 24.2 Å². The van der Waals surface area contributed by atoms with E-state index in [9.17, 15) is 14.9 Å².